The van der Waals surface area contributed by atoms with Gasteiger partial charge in [0.05, 0.1) is 6.61 Å². The van der Waals surface area contributed by atoms with Crippen molar-refractivity contribution in [1.29, 1.82) is 0 Å². The van der Waals surface area contributed by atoms with Crippen molar-refractivity contribution in [3.63, 3.8) is 0 Å². The van der Waals surface area contributed by atoms with Gasteiger partial charge in [0.1, 0.15) is 0 Å². The average Bonchev–Trinajstić information content (AvgIpc) is 2.54. The third-order valence-corrected chi connectivity index (χ3v) is 3.97. The van der Waals surface area contributed by atoms with E-state index >= 15 is 0 Å². The first-order chi connectivity index (χ1) is 11.5. The maximum Gasteiger partial charge on any atom is 0.191 e. The molecule has 0 aromatic heterocycles. The van der Waals surface area contributed by atoms with E-state index in [0.29, 0.717) is 18.7 Å². The summed E-state index contributed by atoms with van der Waals surface area (Å²) >= 11 is 0. The highest BCUT2D eigenvalue weighted by Gasteiger charge is 2.12. The van der Waals surface area contributed by atoms with Gasteiger partial charge in [-0.25, -0.2) is 0 Å². The van der Waals surface area contributed by atoms with Crippen molar-refractivity contribution >= 4 is 5.96 Å². The Kier molecular flexibility index (Phi) is 9.42. The minimum Gasteiger partial charge on any atom is -0.380 e. The summed E-state index contributed by atoms with van der Waals surface area (Å²) in [4.78, 5) is 6.77. The van der Waals surface area contributed by atoms with Crippen LogP contribution >= 0.6 is 0 Å². The van der Waals surface area contributed by atoms with Gasteiger partial charge in [-0.15, -0.1) is 0 Å². The van der Waals surface area contributed by atoms with Crippen molar-refractivity contribution in [3.05, 3.63) is 35.4 Å². The monoisotopic (exact) mass is 334 g/mol. The van der Waals surface area contributed by atoms with Crippen LogP contribution in [0.1, 0.15) is 38.8 Å². The lowest BCUT2D eigenvalue weighted by Crippen LogP contribution is -2.45. The Bertz CT molecular complexity index is 492. The molecule has 0 aliphatic heterocycles. The number of rotatable bonds is 9. The third kappa shape index (κ3) is 7.32. The molecule has 24 heavy (non-hydrogen) atoms. The smallest absolute Gasteiger partial charge is 0.191 e. The Hall–Kier alpha value is -1.59. The molecule has 0 saturated carbocycles. The molecule has 0 fully saturated rings. The molecular formula is C19H34N4O. The molecule has 0 aliphatic rings. The molecule has 136 valence electrons. The van der Waals surface area contributed by atoms with Gasteiger partial charge in [-0.3, -0.25) is 9.89 Å². The van der Waals surface area contributed by atoms with E-state index in [9.17, 15) is 0 Å². The first-order valence-corrected chi connectivity index (χ1v) is 8.75. The van der Waals surface area contributed by atoms with Crippen molar-refractivity contribution in [3.8, 4) is 0 Å². The molecule has 0 radical (unpaired) electrons. The standard InChI is InChI=1S/C19H34N4O/c1-15(2)23(16(3)4)11-10-21-19(20-5)22-13-17-8-7-9-18(12-17)14-24-6/h7-9,12,15-16H,10-11,13-14H2,1-6H3,(H2,20,21,22). The lowest BCUT2D eigenvalue weighted by atomic mass is 10.1. The van der Waals surface area contributed by atoms with E-state index in [-0.39, 0.29) is 0 Å². The van der Waals surface area contributed by atoms with Crippen LogP contribution in [0, 0.1) is 0 Å². The van der Waals surface area contributed by atoms with Gasteiger partial charge in [0.15, 0.2) is 5.96 Å². The second-order valence-electron chi connectivity index (χ2n) is 6.53. The quantitative estimate of drug-likeness (QED) is 0.538. The number of hydrogen-bond donors (Lipinski definition) is 2. The van der Waals surface area contributed by atoms with E-state index < -0.39 is 0 Å². The number of ether oxygens (including phenoxy) is 1. The van der Waals surface area contributed by atoms with Gasteiger partial charge in [-0.2, -0.15) is 0 Å². The predicted molar refractivity (Wildman–Crippen MR) is 102 cm³/mol. The lowest BCUT2D eigenvalue weighted by molar-refractivity contribution is 0.178. The van der Waals surface area contributed by atoms with Gasteiger partial charge in [-0.05, 0) is 38.8 Å². The fraction of sp³-hybridized carbons (Fsp3) is 0.632. The van der Waals surface area contributed by atoms with Crippen LogP contribution in [0.15, 0.2) is 29.3 Å². The number of nitrogens with zero attached hydrogens (tertiary/aromatic N) is 2. The van der Waals surface area contributed by atoms with E-state index in [1.54, 1.807) is 14.2 Å². The highest BCUT2D eigenvalue weighted by atomic mass is 16.5. The molecular weight excluding hydrogens is 300 g/mol. The van der Waals surface area contributed by atoms with Crippen LogP contribution < -0.4 is 10.6 Å². The van der Waals surface area contributed by atoms with Crippen LogP contribution in [-0.2, 0) is 17.9 Å². The number of aliphatic imine (C=N–C) groups is 1. The van der Waals surface area contributed by atoms with Gasteiger partial charge < -0.3 is 15.4 Å². The van der Waals surface area contributed by atoms with Gasteiger partial charge in [0.2, 0.25) is 0 Å². The van der Waals surface area contributed by atoms with Crippen molar-refractivity contribution in [2.24, 2.45) is 4.99 Å². The van der Waals surface area contributed by atoms with Crippen molar-refractivity contribution in [1.82, 2.24) is 15.5 Å². The second-order valence-corrected chi connectivity index (χ2v) is 6.53. The molecule has 5 heteroatoms. The molecule has 5 nitrogen and oxygen atoms in total. The summed E-state index contributed by atoms with van der Waals surface area (Å²) in [5.74, 6) is 0.833. The van der Waals surface area contributed by atoms with E-state index in [4.69, 9.17) is 4.74 Å². The van der Waals surface area contributed by atoms with Crippen LogP contribution in [0.2, 0.25) is 0 Å². The Morgan fingerprint density at radius 1 is 1.12 bits per heavy atom. The third-order valence-electron chi connectivity index (χ3n) is 3.97. The maximum absolute atomic E-state index is 5.18. The summed E-state index contributed by atoms with van der Waals surface area (Å²) in [6, 6.07) is 9.49. The fourth-order valence-corrected chi connectivity index (χ4v) is 2.82. The first kappa shape index (κ1) is 20.5. The molecule has 0 amide bonds. The molecule has 0 saturated heterocycles. The Morgan fingerprint density at radius 2 is 1.79 bits per heavy atom. The first-order valence-electron chi connectivity index (χ1n) is 8.75. The summed E-state index contributed by atoms with van der Waals surface area (Å²) in [7, 11) is 3.52. The molecule has 0 unspecified atom stereocenters. The maximum atomic E-state index is 5.18. The summed E-state index contributed by atoms with van der Waals surface area (Å²) in [5, 5.41) is 6.76. The van der Waals surface area contributed by atoms with Crippen LogP contribution in [0.25, 0.3) is 0 Å². The lowest BCUT2D eigenvalue weighted by Gasteiger charge is -2.30. The molecule has 0 aliphatic carbocycles. The largest absolute Gasteiger partial charge is 0.380 e. The Labute approximate surface area is 147 Å². The molecule has 0 heterocycles. The summed E-state index contributed by atoms with van der Waals surface area (Å²) in [6.07, 6.45) is 0. The Morgan fingerprint density at radius 3 is 2.38 bits per heavy atom. The van der Waals surface area contributed by atoms with E-state index in [2.05, 4.69) is 72.5 Å². The summed E-state index contributed by atoms with van der Waals surface area (Å²) < 4.78 is 5.18. The summed E-state index contributed by atoms with van der Waals surface area (Å²) in [6.45, 7) is 12.2. The number of guanidine groups is 1. The van der Waals surface area contributed by atoms with E-state index in [1.807, 2.05) is 0 Å². The topological polar surface area (TPSA) is 48.9 Å². The van der Waals surface area contributed by atoms with Gasteiger partial charge in [-0.1, -0.05) is 24.3 Å². The normalized spacial score (nSPS) is 12.3. The van der Waals surface area contributed by atoms with E-state index in [1.165, 1.54) is 11.1 Å². The molecule has 0 atom stereocenters. The van der Waals surface area contributed by atoms with E-state index in [0.717, 1.165) is 25.6 Å². The van der Waals surface area contributed by atoms with Gasteiger partial charge in [0, 0.05) is 45.9 Å². The minimum atomic E-state index is 0.547. The molecule has 1 aromatic carbocycles. The molecule has 0 bridgehead atoms. The predicted octanol–water partition coefficient (Wildman–Crippen LogP) is 2.62. The van der Waals surface area contributed by atoms with Crippen LogP contribution in [0.4, 0.5) is 0 Å². The number of hydrogen-bond acceptors (Lipinski definition) is 3. The fourth-order valence-electron chi connectivity index (χ4n) is 2.82. The van der Waals surface area contributed by atoms with Gasteiger partial charge in [0.25, 0.3) is 0 Å². The van der Waals surface area contributed by atoms with Crippen LogP contribution in [0.5, 0.6) is 0 Å². The zero-order chi connectivity index (χ0) is 17.9. The SMILES string of the molecule is CN=C(NCCN(C(C)C)C(C)C)NCc1cccc(COC)c1. The minimum absolute atomic E-state index is 0.547. The molecule has 1 aromatic rings. The molecule has 2 N–H and O–H groups in total. The number of nitrogens with one attached hydrogen (secondary N) is 2. The number of methoxy groups -OCH3 is 1. The Balaban J connectivity index is 2.44. The van der Waals surface area contributed by atoms with Crippen LogP contribution in [-0.4, -0.2) is 50.2 Å². The average molecular weight is 335 g/mol. The second kappa shape index (κ2) is 11.0. The highest BCUT2D eigenvalue weighted by Crippen LogP contribution is 2.06. The van der Waals surface area contributed by atoms with Gasteiger partial charge >= 0.3 is 0 Å². The zero-order valence-corrected chi connectivity index (χ0v) is 16.1. The molecule has 1 rings (SSSR count). The summed E-state index contributed by atoms with van der Waals surface area (Å²) in [5.41, 5.74) is 2.41. The van der Waals surface area contributed by atoms with Crippen molar-refractivity contribution < 1.29 is 4.74 Å². The number of benzene rings is 1. The van der Waals surface area contributed by atoms with Crippen molar-refractivity contribution in [2.45, 2.75) is 52.9 Å². The zero-order valence-electron chi connectivity index (χ0n) is 16.1. The van der Waals surface area contributed by atoms with Crippen molar-refractivity contribution in [2.75, 3.05) is 27.2 Å². The highest BCUT2D eigenvalue weighted by molar-refractivity contribution is 5.79. The van der Waals surface area contributed by atoms with Crippen LogP contribution in [0.3, 0.4) is 0 Å². The molecule has 0 spiro atoms.